The summed E-state index contributed by atoms with van der Waals surface area (Å²) < 4.78 is 13.6. The Morgan fingerprint density at radius 2 is 1.96 bits per heavy atom. The molecule has 1 aliphatic rings. The molecule has 0 radical (unpaired) electrons. The van der Waals surface area contributed by atoms with E-state index < -0.39 is 0 Å². The van der Waals surface area contributed by atoms with Crippen molar-refractivity contribution in [2.45, 2.75) is 18.9 Å². The summed E-state index contributed by atoms with van der Waals surface area (Å²) in [4.78, 5) is 2.33. The first-order valence-corrected chi connectivity index (χ1v) is 8.18. The van der Waals surface area contributed by atoms with Gasteiger partial charge in [0.2, 0.25) is 0 Å². The first-order valence-electron chi connectivity index (χ1n) is 8.18. The number of rotatable bonds is 4. The van der Waals surface area contributed by atoms with Crippen molar-refractivity contribution >= 4 is 11.5 Å². The molecule has 0 bridgehead atoms. The number of methoxy groups -OCH3 is 1. The van der Waals surface area contributed by atoms with Crippen LogP contribution in [-0.2, 0) is 0 Å². The van der Waals surface area contributed by atoms with Gasteiger partial charge >= 0.3 is 0 Å². The highest BCUT2D eigenvalue weighted by Gasteiger charge is 2.24. The Balaban J connectivity index is 1.55. The molecule has 0 amide bonds. The van der Waals surface area contributed by atoms with Gasteiger partial charge in [0, 0.05) is 6.54 Å². The molecule has 1 atom stereocenters. The Morgan fingerprint density at radius 1 is 1.08 bits per heavy atom. The van der Waals surface area contributed by atoms with Gasteiger partial charge in [-0.1, -0.05) is 18.2 Å². The van der Waals surface area contributed by atoms with Crippen LogP contribution in [0.25, 0.3) is 5.65 Å². The fraction of sp³-hybridized carbons (Fsp3) is 0.333. The second-order valence-electron chi connectivity index (χ2n) is 5.92. The fourth-order valence-electron chi connectivity index (χ4n) is 3.23. The van der Waals surface area contributed by atoms with Crippen LogP contribution in [0.2, 0.25) is 0 Å². The third-order valence-electron chi connectivity index (χ3n) is 4.38. The van der Waals surface area contributed by atoms with E-state index in [1.54, 1.807) is 13.4 Å². The van der Waals surface area contributed by atoms with Gasteiger partial charge in [0.15, 0.2) is 17.1 Å². The van der Waals surface area contributed by atoms with Crippen LogP contribution in [0.1, 0.15) is 12.8 Å². The van der Waals surface area contributed by atoms with Crippen LogP contribution in [-0.4, -0.2) is 40.9 Å². The monoisotopic (exact) mass is 324 g/mol. The van der Waals surface area contributed by atoms with Crippen molar-refractivity contribution in [3.05, 3.63) is 48.8 Å². The standard InChI is InChI=1S/C18H20N4O2/c1-23-15-7-2-3-8-16(15)24-14-6-5-11-21(12-14)18-10-4-9-17-20-19-13-22(17)18/h2-4,7-10,13-14H,5-6,11-12H2,1H3. The third kappa shape index (κ3) is 2.75. The summed E-state index contributed by atoms with van der Waals surface area (Å²) >= 11 is 0. The van der Waals surface area contributed by atoms with Gasteiger partial charge in [0.1, 0.15) is 18.2 Å². The van der Waals surface area contributed by atoms with Gasteiger partial charge in [-0.05, 0) is 37.1 Å². The molecular weight excluding hydrogens is 304 g/mol. The number of piperidine rings is 1. The number of hydrogen-bond donors (Lipinski definition) is 0. The molecule has 0 aliphatic carbocycles. The number of nitrogens with zero attached hydrogens (tertiary/aromatic N) is 4. The molecule has 6 nitrogen and oxygen atoms in total. The second-order valence-corrected chi connectivity index (χ2v) is 5.92. The number of para-hydroxylation sites is 2. The summed E-state index contributed by atoms with van der Waals surface area (Å²) in [6.45, 7) is 1.83. The Hall–Kier alpha value is -2.76. The largest absolute Gasteiger partial charge is 0.493 e. The van der Waals surface area contributed by atoms with E-state index in [9.17, 15) is 0 Å². The fourth-order valence-corrected chi connectivity index (χ4v) is 3.23. The number of benzene rings is 1. The van der Waals surface area contributed by atoms with Crippen LogP contribution in [0.4, 0.5) is 5.82 Å². The lowest BCUT2D eigenvalue weighted by Gasteiger charge is -2.34. The lowest BCUT2D eigenvalue weighted by molar-refractivity contribution is 0.172. The Bertz CT molecular complexity index is 833. The zero-order valence-corrected chi connectivity index (χ0v) is 13.6. The molecule has 1 fully saturated rings. The molecule has 3 aromatic rings. The van der Waals surface area contributed by atoms with E-state index in [0.29, 0.717) is 0 Å². The normalized spacial score (nSPS) is 17.9. The molecule has 124 valence electrons. The van der Waals surface area contributed by atoms with Crippen molar-refractivity contribution in [3.8, 4) is 11.5 Å². The Morgan fingerprint density at radius 3 is 2.83 bits per heavy atom. The van der Waals surface area contributed by atoms with Crippen LogP contribution >= 0.6 is 0 Å². The minimum absolute atomic E-state index is 0.127. The van der Waals surface area contributed by atoms with Crippen LogP contribution in [0, 0.1) is 0 Å². The zero-order chi connectivity index (χ0) is 16.4. The van der Waals surface area contributed by atoms with Gasteiger partial charge in [-0.15, -0.1) is 10.2 Å². The molecule has 0 saturated carbocycles. The molecule has 0 spiro atoms. The van der Waals surface area contributed by atoms with E-state index in [1.807, 2.05) is 40.8 Å². The van der Waals surface area contributed by atoms with Gasteiger partial charge < -0.3 is 14.4 Å². The highest BCUT2D eigenvalue weighted by Crippen LogP contribution is 2.29. The molecule has 0 N–H and O–H groups in total. The summed E-state index contributed by atoms with van der Waals surface area (Å²) in [5.41, 5.74) is 0.861. The molecule has 1 saturated heterocycles. The third-order valence-corrected chi connectivity index (χ3v) is 4.38. The number of aromatic nitrogens is 3. The second kappa shape index (κ2) is 6.39. The molecule has 2 aromatic heterocycles. The molecule has 6 heteroatoms. The van der Waals surface area contributed by atoms with E-state index in [1.165, 1.54) is 0 Å². The predicted octanol–water partition coefficient (Wildman–Crippen LogP) is 2.79. The first kappa shape index (κ1) is 14.8. The van der Waals surface area contributed by atoms with Gasteiger partial charge in [0.25, 0.3) is 0 Å². The summed E-state index contributed by atoms with van der Waals surface area (Å²) in [7, 11) is 1.67. The summed E-state index contributed by atoms with van der Waals surface area (Å²) in [5.74, 6) is 2.68. The average molecular weight is 324 g/mol. The van der Waals surface area contributed by atoms with Crippen LogP contribution < -0.4 is 14.4 Å². The quantitative estimate of drug-likeness (QED) is 0.738. The van der Waals surface area contributed by atoms with Gasteiger partial charge in [0.05, 0.1) is 13.7 Å². The van der Waals surface area contributed by atoms with E-state index in [4.69, 9.17) is 9.47 Å². The highest BCUT2D eigenvalue weighted by atomic mass is 16.5. The van der Waals surface area contributed by atoms with Crippen LogP contribution in [0.5, 0.6) is 11.5 Å². The summed E-state index contributed by atoms with van der Waals surface area (Å²) in [6.07, 6.45) is 4.00. The maximum absolute atomic E-state index is 6.22. The average Bonchev–Trinajstić information content (AvgIpc) is 3.11. The highest BCUT2D eigenvalue weighted by molar-refractivity contribution is 5.51. The molecule has 3 heterocycles. The molecule has 1 aromatic carbocycles. The number of pyridine rings is 1. The number of anilines is 1. The van der Waals surface area contributed by atoms with Crippen molar-refractivity contribution in [2.24, 2.45) is 0 Å². The van der Waals surface area contributed by atoms with Gasteiger partial charge in [-0.3, -0.25) is 4.40 Å². The van der Waals surface area contributed by atoms with Gasteiger partial charge in [-0.2, -0.15) is 0 Å². The van der Waals surface area contributed by atoms with Crippen molar-refractivity contribution in [1.29, 1.82) is 0 Å². The minimum atomic E-state index is 0.127. The van der Waals surface area contributed by atoms with Gasteiger partial charge in [-0.25, -0.2) is 0 Å². The number of hydrogen-bond acceptors (Lipinski definition) is 5. The number of fused-ring (bicyclic) bond motifs is 1. The van der Waals surface area contributed by atoms with Crippen molar-refractivity contribution in [1.82, 2.24) is 14.6 Å². The van der Waals surface area contributed by atoms with Crippen molar-refractivity contribution < 1.29 is 9.47 Å². The predicted molar refractivity (Wildman–Crippen MR) is 91.8 cm³/mol. The molecular formula is C18H20N4O2. The van der Waals surface area contributed by atoms with E-state index in [2.05, 4.69) is 21.2 Å². The van der Waals surface area contributed by atoms with Crippen molar-refractivity contribution in [2.75, 3.05) is 25.1 Å². The molecule has 4 rings (SSSR count). The molecule has 1 unspecified atom stereocenters. The van der Waals surface area contributed by atoms with Crippen molar-refractivity contribution in [3.63, 3.8) is 0 Å². The Kier molecular flexibility index (Phi) is 3.94. The molecule has 24 heavy (non-hydrogen) atoms. The SMILES string of the molecule is COc1ccccc1OC1CCCN(c2cccc3nncn23)C1. The lowest BCUT2D eigenvalue weighted by atomic mass is 10.1. The summed E-state index contributed by atoms with van der Waals surface area (Å²) in [6, 6.07) is 13.9. The smallest absolute Gasteiger partial charge is 0.162 e. The maximum atomic E-state index is 6.22. The zero-order valence-electron chi connectivity index (χ0n) is 13.6. The van der Waals surface area contributed by atoms with E-state index in [0.717, 1.165) is 48.9 Å². The lowest BCUT2D eigenvalue weighted by Crippen LogP contribution is -2.42. The van der Waals surface area contributed by atoms with Crippen LogP contribution in [0.3, 0.4) is 0 Å². The maximum Gasteiger partial charge on any atom is 0.162 e. The number of ether oxygens (including phenoxy) is 2. The first-order chi connectivity index (χ1) is 11.8. The summed E-state index contributed by atoms with van der Waals surface area (Å²) in [5, 5.41) is 8.13. The Labute approximate surface area is 140 Å². The van der Waals surface area contributed by atoms with E-state index in [-0.39, 0.29) is 6.10 Å². The minimum Gasteiger partial charge on any atom is -0.493 e. The van der Waals surface area contributed by atoms with Crippen LogP contribution in [0.15, 0.2) is 48.8 Å². The molecule has 1 aliphatic heterocycles. The van der Waals surface area contributed by atoms with E-state index >= 15 is 0 Å². The topological polar surface area (TPSA) is 51.9 Å².